The normalized spacial score (nSPS) is 20.3. The molecule has 0 heteroatoms. The average Bonchev–Trinajstić information content (AvgIpc) is 2.16. The van der Waals surface area contributed by atoms with E-state index in [1.54, 1.807) is 0 Å². The highest BCUT2D eigenvalue weighted by Crippen LogP contribution is 2.38. The highest BCUT2D eigenvalue weighted by molar-refractivity contribution is 4.93. The molecular formula is C13H25+. The SMILES string of the molecule is [CH+]=CC(C)(CC)C(C)C(C)CCC. The fourth-order valence-electron chi connectivity index (χ4n) is 1.95. The van der Waals surface area contributed by atoms with E-state index in [2.05, 4.69) is 34.6 Å². The van der Waals surface area contributed by atoms with Crippen molar-refractivity contribution in [3.8, 4) is 0 Å². The Kier molecular flexibility index (Phi) is 5.25. The van der Waals surface area contributed by atoms with Crippen LogP contribution >= 0.6 is 0 Å². The highest BCUT2D eigenvalue weighted by Gasteiger charge is 2.32. The van der Waals surface area contributed by atoms with Gasteiger partial charge in [0.15, 0.2) is 6.08 Å². The minimum Gasteiger partial charge on any atom is -0.0654 e. The lowest BCUT2D eigenvalue weighted by atomic mass is 9.69. The third-order valence-electron chi connectivity index (χ3n) is 3.78. The molecule has 13 heavy (non-hydrogen) atoms. The first-order valence-electron chi connectivity index (χ1n) is 5.57. The van der Waals surface area contributed by atoms with E-state index < -0.39 is 0 Å². The van der Waals surface area contributed by atoms with Crippen LogP contribution in [-0.2, 0) is 0 Å². The van der Waals surface area contributed by atoms with Gasteiger partial charge in [-0.3, -0.25) is 0 Å². The molecule has 0 rings (SSSR count). The quantitative estimate of drug-likeness (QED) is 0.531. The van der Waals surface area contributed by atoms with Crippen molar-refractivity contribution >= 4 is 0 Å². The lowest BCUT2D eigenvalue weighted by molar-refractivity contribution is 0.184. The molecule has 0 heterocycles. The molecule has 76 valence electrons. The van der Waals surface area contributed by atoms with Gasteiger partial charge in [0, 0.05) is 5.41 Å². The van der Waals surface area contributed by atoms with Gasteiger partial charge in [-0.25, -0.2) is 0 Å². The van der Waals surface area contributed by atoms with Crippen molar-refractivity contribution in [2.75, 3.05) is 0 Å². The summed E-state index contributed by atoms with van der Waals surface area (Å²) in [6.45, 7) is 17.1. The Morgan fingerprint density at radius 1 is 1.31 bits per heavy atom. The zero-order valence-corrected chi connectivity index (χ0v) is 9.93. The number of hydrogen-bond acceptors (Lipinski definition) is 0. The molecule has 0 aromatic rings. The molecule has 0 aliphatic heterocycles. The van der Waals surface area contributed by atoms with Gasteiger partial charge in [0.25, 0.3) is 0 Å². The maximum absolute atomic E-state index is 5.73. The summed E-state index contributed by atoms with van der Waals surface area (Å²) in [7, 11) is 0. The third kappa shape index (κ3) is 3.12. The molecule has 3 unspecified atom stereocenters. The molecule has 0 amide bonds. The van der Waals surface area contributed by atoms with E-state index in [4.69, 9.17) is 6.58 Å². The van der Waals surface area contributed by atoms with Gasteiger partial charge in [0.2, 0.25) is 6.58 Å². The van der Waals surface area contributed by atoms with Crippen LogP contribution in [0.25, 0.3) is 0 Å². The Labute approximate surface area is 84.4 Å². The van der Waals surface area contributed by atoms with Crippen LogP contribution in [0.1, 0.15) is 53.9 Å². The Morgan fingerprint density at radius 3 is 2.15 bits per heavy atom. The van der Waals surface area contributed by atoms with Crippen LogP contribution in [0.4, 0.5) is 0 Å². The zero-order valence-electron chi connectivity index (χ0n) is 9.93. The predicted octanol–water partition coefficient (Wildman–Crippen LogP) is 4.46. The van der Waals surface area contributed by atoms with Gasteiger partial charge >= 0.3 is 0 Å². The van der Waals surface area contributed by atoms with Crippen LogP contribution in [0.3, 0.4) is 0 Å². The van der Waals surface area contributed by atoms with E-state index in [1.165, 1.54) is 12.8 Å². The van der Waals surface area contributed by atoms with Crippen molar-refractivity contribution in [1.82, 2.24) is 0 Å². The van der Waals surface area contributed by atoms with Crippen molar-refractivity contribution in [2.24, 2.45) is 17.3 Å². The summed E-state index contributed by atoms with van der Waals surface area (Å²) in [5.74, 6) is 1.46. The molecule has 0 aliphatic carbocycles. The second-order valence-electron chi connectivity index (χ2n) is 4.58. The molecule has 3 atom stereocenters. The van der Waals surface area contributed by atoms with E-state index in [0.29, 0.717) is 5.92 Å². The summed E-state index contributed by atoms with van der Waals surface area (Å²) >= 11 is 0. The average molecular weight is 181 g/mol. The number of hydrogen-bond donors (Lipinski definition) is 0. The molecule has 0 N–H and O–H groups in total. The highest BCUT2D eigenvalue weighted by atomic mass is 14.3. The summed E-state index contributed by atoms with van der Waals surface area (Å²) in [5, 5.41) is 0. The maximum atomic E-state index is 5.73. The smallest absolute Gasteiger partial charge is 0.0654 e. The lowest BCUT2D eigenvalue weighted by Crippen LogP contribution is -2.27. The summed E-state index contributed by atoms with van der Waals surface area (Å²) in [5.41, 5.74) is 0.217. The van der Waals surface area contributed by atoms with Crippen LogP contribution in [-0.4, -0.2) is 0 Å². The van der Waals surface area contributed by atoms with E-state index in [1.807, 2.05) is 6.08 Å². The van der Waals surface area contributed by atoms with Gasteiger partial charge in [-0.2, -0.15) is 0 Å². The molecule has 0 aromatic heterocycles. The first-order chi connectivity index (χ1) is 6.01. The molecule has 0 saturated heterocycles. The molecular weight excluding hydrogens is 156 g/mol. The van der Waals surface area contributed by atoms with Crippen molar-refractivity contribution in [3.05, 3.63) is 12.7 Å². The first kappa shape index (κ1) is 12.7. The van der Waals surface area contributed by atoms with Crippen LogP contribution < -0.4 is 0 Å². The second-order valence-corrected chi connectivity index (χ2v) is 4.58. The molecule has 0 fully saturated rings. The van der Waals surface area contributed by atoms with Gasteiger partial charge in [0.1, 0.15) is 0 Å². The van der Waals surface area contributed by atoms with E-state index in [-0.39, 0.29) is 5.41 Å². The van der Waals surface area contributed by atoms with Crippen molar-refractivity contribution < 1.29 is 0 Å². The molecule has 0 radical (unpaired) electrons. The molecule has 0 saturated carbocycles. The van der Waals surface area contributed by atoms with E-state index >= 15 is 0 Å². The molecule has 0 aromatic carbocycles. The Hall–Kier alpha value is -0.350. The summed E-state index contributed by atoms with van der Waals surface area (Å²) in [6, 6.07) is 0. The van der Waals surface area contributed by atoms with Gasteiger partial charge in [-0.1, -0.05) is 47.5 Å². The number of allylic oxidation sites excluding steroid dienone is 1. The fraction of sp³-hybridized carbons (Fsp3) is 0.846. The Balaban J connectivity index is 4.35. The van der Waals surface area contributed by atoms with Crippen molar-refractivity contribution in [1.29, 1.82) is 0 Å². The first-order valence-corrected chi connectivity index (χ1v) is 5.57. The van der Waals surface area contributed by atoms with Crippen molar-refractivity contribution in [2.45, 2.75) is 53.9 Å². The predicted molar refractivity (Wildman–Crippen MR) is 60.5 cm³/mol. The monoisotopic (exact) mass is 181 g/mol. The van der Waals surface area contributed by atoms with Gasteiger partial charge in [-0.15, -0.1) is 0 Å². The van der Waals surface area contributed by atoms with Gasteiger partial charge in [0.05, 0.1) is 0 Å². The molecule has 0 nitrogen and oxygen atoms in total. The maximum Gasteiger partial charge on any atom is 0.202 e. The van der Waals surface area contributed by atoms with Crippen LogP contribution in [0.2, 0.25) is 0 Å². The summed E-state index contributed by atoms with van der Waals surface area (Å²) in [6.07, 6.45) is 5.61. The zero-order chi connectivity index (χ0) is 10.5. The van der Waals surface area contributed by atoms with Crippen LogP contribution in [0, 0.1) is 23.8 Å². The number of rotatable bonds is 6. The Morgan fingerprint density at radius 2 is 1.85 bits per heavy atom. The Bertz CT molecular complexity index is 148. The minimum atomic E-state index is 0.217. The molecule has 0 aliphatic rings. The van der Waals surface area contributed by atoms with Crippen LogP contribution in [0.5, 0.6) is 0 Å². The largest absolute Gasteiger partial charge is 0.202 e. The lowest BCUT2D eigenvalue weighted by Gasteiger charge is -2.32. The standard InChI is InChI=1S/C13H25/c1-7-10-11(4)12(5)13(6,8-2)9-3/h2,8,11-12H,7,9-10H2,1,3-6H3/q+1. The van der Waals surface area contributed by atoms with Crippen LogP contribution in [0.15, 0.2) is 6.08 Å². The van der Waals surface area contributed by atoms with E-state index in [9.17, 15) is 0 Å². The van der Waals surface area contributed by atoms with E-state index in [0.717, 1.165) is 12.3 Å². The summed E-state index contributed by atoms with van der Waals surface area (Å²) in [4.78, 5) is 0. The van der Waals surface area contributed by atoms with Crippen molar-refractivity contribution in [3.63, 3.8) is 0 Å². The molecule has 0 spiro atoms. The minimum absolute atomic E-state index is 0.217. The third-order valence-corrected chi connectivity index (χ3v) is 3.78. The topological polar surface area (TPSA) is 0 Å². The van der Waals surface area contributed by atoms with Gasteiger partial charge in [-0.05, 0) is 18.3 Å². The van der Waals surface area contributed by atoms with Gasteiger partial charge < -0.3 is 0 Å². The molecule has 0 bridgehead atoms. The fourth-order valence-corrected chi connectivity index (χ4v) is 1.95. The summed E-state index contributed by atoms with van der Waals surface area (Å²) < 4.78 is 0. The second kappa shape index (κ2) is 5.40.